The van der Waals surface area contributed by atoms with Crippen molar-refractivity contribution in [2.45, 2.75) is 0 Å². The first-order chi connectivity index (χ1) is 41.7. The highest BCUT2D eigenvalue weighted by atomic mass is 14.9. The van der Waals surface area contributed by atoms with Crippen LogP contribution >= 0.6 is 0 Å². The normalized spacial score (nSPS) is 11.6. The van der Waals surface area contributed by atoms with Crippen molar-refractivity contribution in [3.8, 4) is 101 Å². The second kappa shape index (κ2) is 20.3. The molecule has 6 nitrogen and oxygen atoms in total. The summed E-state index contributed by atoms with van der Waals surface area (Å²) in [5.41, 5.74) is 17.8. The zero-order valence-corrected chi connectivity index (χ0v) is 45.4. The van der Waals surface area contributed by atoms with E-state index in [1.165, 1.54) is 43.8 Å². The fourth-order valence-electron chi connectivity index (χ4n) is 12.6. The van der Waals surface area contributed by atoms with Gasteiger partial charge < -0.3 is 0 Å². The lowest BCUT2D eigenvalue weighted by Crippen LogP contribution is -1.99. The maximum atomic E-state index is 5.51. The van der Waals surface area contributed by atoms with Crippen molar-refractivity contribution in [2.75, 3.05) is 0 Å². The van der Waals surface area contributed by atoms with Crippen LogP contribution in [0.2, 0.25) is 0 Å². The molecule has 0 aliphatic heterocycles. The summed E-state index contributed by atoms with van der Waals surface area (Å²) in [5, 5.41) is 11.3. The van der Waals surface area contributed by atoms with Gasteiger partial charge >= 0.3 is 0 Å². The third kappa shape index (κ3) is 8.35. The van der Waals surface area contributed by atoms with E-state index in [9.17, 15) is 0 Å². The van der Waals surface area contributed by atoms with Gasteiger partial charge in [-0.05, 0) is 101 Å². The van der Waals surface area contributed by atoms with E-state index in [0.29, 0.717) is 11.6 Å². The van der Waals surface area contributed by atoms with Crippen molar-refractivity contribution >= 4 is 64.9 Å². The van der Waals surface area contributed by atoms with E-state index >= 15 is 0 Å². The number of hydrogen-bond acceptors (Lipinski definition) is 6. The quantitative estimate of drug-likeness (QED) is 0.134. The van der Waals surface area contributed by atoms with Gasteiger partial charge in [0.05, 0.1) is 33.8 Å². The second-order valence-electron chi connectivity index (χ2n) is 21.3. The Morgan fingerprint density at radius 3 is 0.857 bits per heavy atom. The Labute approximate surface area is 484 Å². The van der Waals surface area contributed by atoms with Crippen molar-refractivity contribution in [3.05, 3.63) is 291 Å². The van der Waals surface area contributed by atoms with Crippen molar-refractivity contribution < 1.29 is 0 Å². The first kappa shape index (κ1) is 48.6. The number of para-hydroxylation sites is 2. The van der Waals surface area contributed by atoms with Crippen LogP contribution in [-0.4, -0.2) is 29.9 Å². The SMILES string of the molecule is c1ccc(-c2c3ccccc3c(-c3cc(-c4cccc5cccnc45)nc(-c4ccc(-c5ccc(-c6nc(-c7c8ccccc8c(-c8ccccc8)c8ccccc78)cc(-c7cccc8cccnc78)n6)cc5)cc4)n3)c3ccccc23)cc1. The zero-order chi connectivity index (χ0) is 55.5. The largest absolute Gasteiger partial charge is 0.256 e. The van der Waals surface area contributed by atoms with E-state index in [2.05, 4.69) is 267 Å². The minimum absolute atomic E-state index is 0.627. The number of pyridine rings is 2. The molecule has 84 heavy (non-hydrogen) atoms. The second-order valence-corrected chi connectivity index (χ2v) is 21.3. The summed E-state index contributed by atoms with van der Waals surface area (Å²) in [6, 6.07) is 98.5. The van der Waals surface area contributed by atoms with Crippen molar-refractivity contribution in [1.29, 1.82) is 0 Å². The lowest BCUT2D eigenvalue weighted by atomic mass is 9.87. The van der Waals surface area contributed by atoms with E-state index in [0.717, 1.165) is 111 Å². The van der Waals surface area contributed by atoms with Crippen LogP contribution in [0.4, 0.5) is 0 Å². The van der Waals surface area contributed by atoms with Gasteiger partial charge in [-0.1, -0.05) is 255 Å². The molecule has 0 aliphatic rings. The Morgan fingerprint density at radius 1 is 0.202 bits per heavy atom. The number of rotatable bonds is 9. The van der Waals surface area contributed by atoms with Gasteiger partial charge in [-0.2, -0.15) is 0 Å². The highest BCUT2D eigenvalue weighted by Crippen LogP contribution is 2.47. The van der Waals surface area contributed by atoms with Gasteiger partial charge in [-0.15, -0.1) is 0 Å². The van der Waals surface area contributed by atoms with E-state index in [1.807, 2.05) is 24.5 Å². The van der Waals surface area contributed by atoms with Gasteiger partial charge in [0.2, 0.25) is 0 Å². The summed E-state index contributed by atoms with van der Waals surface area (Å²) in [4.78, 5) is 31.5. The van der Waals surface area contributed by atoms with E-state index in [1.54, 1.807) is 0 Å². The van der Waals surface area contributed by atoms with Crippen LogP contribution in [0.25, 0.3) is 166 Å². The number of nitrogens with zero attached hydrogens (tertiary/aromatic N) is 6. The summed E-state index contributed by atoms with van der Waals surface area (Å²) in [7, 11) is 0. The number of aromatic nitrogens is 6. The lowest BCUT2D eigenvalue weighted by Gasteiger charge is -2.18. The molecular weight excluding hydrogens is 1020 g/mol. The molecule has 390 valence electrons. The predicted molar refractivity (Wildman–Crippen MR) is 347 cm³/mol. The molecule has 4 aromatic heterocycles. The molecule has 6 heteroatoms. The third-order valence-electron chi connectivity index (χ3n) is 16.4. The molecule has 4 heterocycles. The monoisotopic (exact) mass is 1070 g/mol. The molecular formula is C78H48N6. The molecule has 0 N–H and O–H groups in total. The highest BCUT2D eigenvalue weighted by Gasteiger charge is 2.23. The predicted octanol–water partition coefficient (Wildman–Crippen LogP) is 20.0. The molecule has 0 spiro atoms. The van der Waals surface area contributed by atoms with Crippen LogP contribution in [0, 0.1) is 0 Å². The van der Waals surface area contributed by atoms with E-state index in [-0.39, 0.29) is 0 Å². The van der Waals surface area contributed by atoms with Crippen LogP contribution in [-0.2, 0) is 0 Å². The first-order valence-electron chi connectivity index (χ1n) is 28.3. The van der Waals surface area contributed by atoms with Gasteiger partial charge in [0.1, 0.15) is 0 Å². The minimum atomic E-state index is 0.627. The van der Waals surface area contributed by atoms with Crippen LogP contribution in [0.1, 0.15) is 0 Å². The zero-order valence-electron chi connectivity index (χ0n) is 45.4. The number of hydrogen-bond donors (Lipinski definition) is 0. The molecule has 0 saturated carbocycles. The standard InChI is InChI=1S/C78H48N6/c1-3-19-51(20-4-1)71-57-27-7-11-31-61(57)73(62-32-12-8-28-58(62)71)69-47-67(65-35-15-23-53-25-17-45-79-75(53)65)81-77(83-69)55-41-37-49(38-42-55)50-39-43-56(44-40-50)78-82-68(66-36-16-24-54-26-18-46-80-76(54)66)48-70(84-78)74-63-33-13-9-29-59(63)72(52-21-5-2-6-22-52)60-30-10-14-34-64(60)74/h1-48H. The average molecular weight is 1070 g/mol. The van der Waals surface area contributed by atoms with Crippen LogP contribution in [0.15, 0.2) is 291 Å². The Hall–Kier alpha value is -11.3. The molecule has 0 atom stereocenters. The number of fused-ring (bicyclic) bond motifs is 6. The molecule has 0 amide bonds. The van der Waals surface area contributed by atoms with Crippen molar-refractivity contribution in [3.63, 3.8) is 0 Å². The average Bonchev–Trinajstić information content (AvgIpc) is 3.73. The van der Waals surface area contributed by atoms with Gasteiger partial charge in [0.15, 0.2) is 11.6 Å². The topological polar surface area (TPSA) is 77.3 Å². The van der Waals surface area contributed by atoms with Crippen LogP contribution in [0.3, 0.4) is 0 Å². The van der Waals surface area contributed by atoms with Gasteiger partial charge in [0, 0.05) is 56.5 Å². The molecule has 0 fully saturated rings. The fraction of sp³-hybridized carbons (Fsp3) is 0. The van der Waals surface area contributed by atoms with Gasteiger partial charge in [-0.3, -0.25) is 9.97 Å². The van der Waals surface area contributed by atoms with Gasteiger partial charge in [-0.25, -0.2) is 19.9 Å². The molecule has 0 bridgehead atoms. The van der Waals surface area contributed by atoms with Crippen LogP contribution < -0.4 is 0 Å². The molecule has 0 radical (unpaired) electrons. The summed E-state index contributed by atoms with van der Waals surface area (Å²) < 4.78 is 0. The highest BCUT2D eigenvalue weighted by molar-refractivity contribution is 6.22. The smallest absolute Gasteiger partial charge is 0.160 e. The Bertz CT molecular complexity index is 4780. The Balaban J connectivity index is 0.819. The molecule has 0 saturated heterocycles. The summed E-state index contributed by atoms with van der Waals surface area (Å²) in [6.45, 7) is 0. The van der Waals surface area contributed by atoms with Crippen LogP contribution in [0.5, 0.6) is 0 Å². The fourth-order valence-corrected chi connectivity index (χ4v) is 12.6. The maximum absolute atomic E-state index is 5.51. The first-order valence-corrected chi connectivity index (χ1v) is 28.3. The van der Waals surface area contributed by atoms with Gasteiger partial charge in [0.25, 0.3) is 0 Å². The molecule has 16 rings (SSSR count). The molecule has 0 aliphatic carbocycles. The van der Waals surface area contributed by atoms with E-state index in [4.69, 9.17) is 29.9 Å². The number of benzene rings is 12. The molecule has 16 aromatic rings. The summed E-state index contributed by atoms with van der Waals surface area (Å²) >= 11 is 0. The lowest BCUT2D eigenvalue weighted by molar-refractivity contribution is 1.19. The Kier molecular flexibility index (Phi) is 11.8. The maximum Gasteiger partial charge on any atom is 0.160 e. The van der Waals surface area contributed by atoms with E-state index < -0.39 is 0 Å². The summed E-state index contributed by atoms with van der Waals surface area (Å²) in [5.74, 6) is 1.25. The molecule has 12 aromatic carbocycles. The summed E-state index contributed by atoms with van der Waals surface area (Å²) in [6.07, 6.45) is 3.70. The molecule has 0 unspecified atom stereocenters. The third-order valence-corrected chi connectivity index (χ3v) is 16.4. The minimum Gasteiger partial charge on any atom is -0.256 e. The van der Waals surface area contributed by atoms with Crippen molar-refractivity contribution in [2.24, 2.45) is 0 Å². The van der Waals surface area contributed by atoms with Crippen molar-refractivity contribution in [1.82, 2.24) is 29.9 Å². The Morgan fingerprint density at radius 2 is 0.500 bits per heavy atom.